The van der Waals surface area contributed by atoms with Crippen LogP contribution in [0.1, 0.15) is 41.2 Å². The summed E-state index contributed by atoms with van der Waals surface area (Å²) < 4.78 is 5.70. The van der Waals surface area contributed by atoms with Crippen LogP contribution in [0.15, 0.2) is 131 Å². The molecular weight excluding hydrogens is 538 g/mol. The first kappa shape index (κ1) is 24.1. The molecule has 6 aliphatic carbocycles. The Labute approximate surface area is 255 Å². The van der Waals surface area contributed by atoms with Crippen LogP contribution in [0, 0.1) is 5.92 Å². The fraction of sp³-hybridized carbons (Fsp3) is 0.125. The van der Waals surface area contributed by atoms with Gasteiger partial charge in [0, 0.05) is 17.1 Å². The van der Waals surface area contributed by atoms with Gasteiger partial charge in [0.2, 0.25) is 0 Å². The molecule has 2 heterocycles. The molecule has 1 atom stereocenters. The van der Waals surface area contributed by atoms with Crippen molar-refractivity contribution in [3.63, 3.8) is 0 Å². The van der Waals surface area contributed by atoms with E-state index in [4.69, 9.17) is 19.7 Å². The third-order valence-corrected chi connectivity index (χ3v) is 9.77. The molecule has 7 aliphatic rings. The van der Waals surface area contributed by atoms with Gasteiger partial charge in [-0.2, -0.15) is 0 Å². The fourth-order valence-electron chi connectivity index (χ4n) is 7.81. The molecule has 10 rings (SSSR count). The Morgan fingerprint density at radius 2 is 1.64 bits per heavy atom. The zero-order valence-electron chi connectivity index (χ0n) is 24.0. The van der Waals surface area contributed by atoms with E-state index in [0.717, 1.165) is 36.0 Å². The number of rotatable bonds is 3. The van der Waals surface area contributed by atoms with E-state index in [2.05, 4.69) is 91.1 Å². The fourth-order valence-corrected chi connectivity index (χ4v) is 7.81. The van der Waals surface area contributed by atoms with Crippen molar-refractivity contribution >= 4 is 33.6 Å². The van der Waals surface area contributed by atoms with Crippen molar-refractivity contribution < 1.29 is 4.74 Å². The summed E-state index contributed by atoms with van der Waals surface area (Å²) in [4.78, 5) is 15.5. The van der Waals surface area contributed by atoms with E-state index in [-0.39, 0.29) is 5.92 Å². The molecule has 0 bridgehead atoms. The van der Waals surface area contributed by atoms with E-state index in [1.807, 2.05) is 12.2 Å². The van der Waals surface area contributed by atoms with Crippen molar-refractivity contribution in [3.05, 3.63) is 160 Å². The zero-order valence-corrected chi connectivity index (χ0v) is 24.0. The van der Waals surface area contributed by atoms with Gasteiger partial charge in [-0.1, -0.05) is 85.0 Å². The molecular formula is C40H27N3O. The summed E-state index contributed by atoms with van der Waals surface area (Å²) in [5.41, 5.74) is 15.0. The number of ether oxygens (including phenoxy) is 1. The predicted molar refractivity (Wildman–Crippen MR) is 177 cm³/mol. The molecule has 0 spiro atoms. The molecule has 1 unspecified atom stereocenters. The maximum absolute atomic E-state index is 5.70. The minimum absolute atomic E-state index is 0.270. The van der Waals surface area contributed by atoms with Crippen LogP contribution in [0.3, 0.4) is 0 Å². The monoisotopic (exact) mass is 565 g/mol. The summed E-state index contributed by atoms with van der Waals surface area (Å²) in [6.45, 7) is 0.552. The Morgan fingerprint density at radius 1 is 0.727 bits per heavy atom. The van der Waals surface area contributed by atoms with Crippen molar-refractivity contribution in [2.75, 3.05) is 6.61 Å². The molecule has 0 saturated heterocycles. The first-order chi connectivity index (χ1) is 21.8. The Hall–Kier alpha value is -5.35. The molecule has 0 N–H and O–H groups in total. The van der Waals surface area contributed by atoms with Crippen molar-refractivity contribution in [1.29, 1.82) is 0 Å². The third-order valence-electron chi connectivity index (χ3n) is 9.77. The van der Waals surface area contributed by atoms with Gasteiger partial charge in [0.1, 0.15) is 6.61 Å². The van der Waals surface area contributed by atoms with Crippen LogP contribution < -0.4 is 0 Å². The molecule has 208 valence electrons. The number of hydrogen-bond donors (Lipinski definition) is 0. The first-order valence-corrected chi connectivity index (χ1v) is 15.4. The van der Waals surface area contributed by atoms with Crippen LogP contribution >= 0.6 is 0 Å². The lowest BCUT2D eigenvalue weighted by atomic mass is 9.67. The second-order valence-corrected chi connectivity index (χ2v) is 12.2. The zero-order chi connectivity index (χ0) is 28.8. The third kappa shape index (κ3) is 3.42. The van der Waals surface area contributed by atoms with Gasteiger partial charge in [0.05, 0.1) is 11.8 Å². The highest BCUT2D eigenvalue weighted by atomic mass is 16.5. The quantitative estimate of drug-likeness (QED) is 0.319. The van der Waals surface area contributed by atoms with E-state index in [0.29, 0.717) is 24.1 Å². The van der Waals surface area contributed by atoms with Crippen LogP contribution in [0.5, 0.6) is 0 Å². The van der Waals surface area contributed by atoms with Gasteiger partial charge in [-0.15, -0.1) is 0 Å². The Morgan fingerprint density at radius 3 is 2.59 bits per heavy atom. The largest absolute Gasteiger partial charge is 0.496 e. The molecule has 3 aromatic rings. The standard InChI is InChI=1S/C40H27N3O/c1-5-23-13-15-27-17-19-32(31-18-16-25(6-1)34(23)37(27)31)39-41-38(29-10-4-20-44-22-29)42-40(43-39)33-21-28-9-2-7-24-12-14-26-8-3-11-30(33)36(26)35(24)28/h1-4,6-7,9-14,16-19,21-22,35H,5,8,15,20H2. The maximum atomic E-state index is 5.70. The molecule has 4 nitrogen and oxygen atoms in total. The molecule has 0 radical (unpaired) electrons. The van der Waals surface area contributed by atoms with Gasteiger partial charge >= 0.3 is 0 Å². The number of hydrogen-bond acceptors (Lipinski definition) is 4. The SMILES string of the molecule is C1=CC2=CC=C3CC=CC4=C3C2C(=C1)C=C4c1nc(C2=COCC=C2)nc(-c2ccc3c4c5c(ccc24)C=CCC5=CC3)n1. The van der Waals surface area contributed by atoms with Crippen molar-refractivity contribution in [2.45, 2.75) is 19.3 Å². The minimum Gasteiger partial charge on any atom is -0.496 e. The topological polar surface area (TPSA) is 47.9 Å². The van der Waals surface area contributed by atoms with Gasteiger partial charge in [0.15, 0.2) is 17.5 Å². The van der Waals surface area contributed by atoms with Gasteiger partial charge in [-0.05, 0) is 98.4 Å². The lowest BCUT2D eigenvalue weighted by molar-refractivity contribution is 0.288. The average molecular weight is 566 g/mol. The Kier molecular flexibility index (Phi) is 4.98. The van der Waals surface area contributed by atoms with Crippen LogP contribution in [0.25, 0.3) is 45.0 Å². The summed E-state index contributed by atoms with van der Waals surface area (Å²) in [6.07, 6.45) is 33.7. The summed E-state index contributed by atoms with van der Waals surface area (Å²) in [6, 6.07) is 8.97. The Bertz CT molecular complexity index is 2240. The lowest BCUT2D eigenvalue weighted by Crippen LogP contribution is -2.23. The maximum Gasteiger partial charge on any atom is 0.167 e. The molecule has 0 amide bonds. The first-order valence-electron chi connectivity index (χ1n) is 15.4. The molecule has 0 fully saturated rings. The molecule has 0 saturated carbocycles. The highest BCUT2D eigenvalue weighted by Crippen LogP contribution is 2.50. The summed E-state index contributed by atoms with van der Waals surface area (Å²) in [5.74, 6) is 2.27. The molecule has 1 aromatic heterocycles. The van der Waals surface area contributed by atoms with Crippen molar-refractivity contribution in [3.8, 4) is 11.4 Å². The van der Waals surface area contributed by atoms with Gasteiger partial charge in [-0.25, -0.2) is 15.0 Å². The van der Waals surface area contributed by atoms with Gasteiger partial charge in [0.25, 0.3) is 0 Å². The smallest absolute Gasteiger partial charge is 0.167 e. The number of benzene rings is 2. The normalized spacial score (nSPS) is 21.6. The highest BCUT2D eigenvalue weighted by molar-refractivity contribution is 6.07. The number of nitrogens with zero attached hydrogens (tertiary/aromatic N) is 3. The molecule has 4 heteroatoms. The minimum atomic E-state index is 0.270. The van der Waals surface area contributed by atoms with Crippen molar-refractivity contribution in [1.82, 2.24) is 15.0 Å². The molecule has 44 heavy (non-hydrogen) atoms. The molecule has 1 aliphatic heterocycles. The average Bonchev–Trinajstić information content (AvgIpc) is 3.09. The summed E-state index contributed by atoms with van der Waals surface area (Å²) in [5, 5.41) is 2.53. The van der Waals surface area contributed by atoms with Crippen molar-refractivity contribution in [2.24, 2.45) is 5.92 Å². The molecule has 2 aromatic carbocycles. The predicted octanol–water partition coefficient (Wildman–Crippen LogP) is 8.61. The summed E-state index contributed by atoms with van der Waals surface area (Å²) in [7, 11) is 0. The van der Waals surface area contributed by atoms with E-state index in [9.17, 15) is 0 Å². The number of aromatic nitrogens is 3. The van der Waals surface area contributed by atoms with Crippen LogP contribution in [-0.4, -0.2) is 21.6 Å². The Balaban J connectivity index is 1.22. The van der Waals surface area contributed by atoms with E-state index >= 15 is 0 Å². The second-order valence-electron chi connectivity index (χ2n) is 12.2. The second kappa shape index (κ2) is 9.08. The van der Waals surface area contributed by atoms with Gasteiger partial charge in [-0.3, -0.25) is 0 Å². The number of allylic oxidation sites excluding steroid dienone is 19. The van der Waals surface area contributed by atoms with Crippen LogP contribution in [-0.2, 0) is 11.2 Å². The van der Waals surface area contributed by atoms with E-state index in [1.54, 1.807) is 6.26 Å². The van der Waals surface area contributed by atoms with Crippen LogP contribution in [0.2, 0.25) is 0 Å². The van der Waals surface area contributed by atoms with Crippen LogP contribution in [0.4, 0.5) is 0 Å². The van der Waals surface area contributed by atoms with Gasteiger partial charge < -0.3 is 4.74 Å². The van der Waals surface area contributed by atoms with E-state index in [1.165, 1.54) is 60.9 Å². The lowest BCUT2D eigenvalue weighted by Gasteiger charge is -2.36. The highest BCUT2D eigenvalue weighted by Gasteiger charge is 2.36. The van der Waals surface area contributed by atoms with E-state index < -0.39 is 0 Å². The summed E-state index contributed by atoms with van der Waals surface area (Å²) >= 11 is 0.